The molecule has 1 aromatic rings. The number of ether oxygens (including phenoxy) is 1. The van der Waals surface area contributed by atoms with Crippen LogP contribution >= 0.6 is 11.5 Å². The minimum atomic E-state index is -0.147. The van der Waals surface area contributed by atoms with Crippen molar-refractivity contribution in [1.29, 1.82) is 0 Å². The Morgan fingerprint density at radius 2 is 1.72 bits per heavy atom. The van der Waals surface area contributed by atoms with Crippen molar-refractivity contribution < 1.29 is 4.74 Å². The molecule has 1 aliphatic rings. The van der Waals surface area contributed by atoms with Crippen molar-refractivity contribution in [3.63, 3.8) is 0 Å². The molecule has 0 N–H and O–H groups in total. The highest BCUT2D eigenvalue weighted by Gasteiger charge is 2.39. The summed E-state index contributed by atoms with van der Waals surface area (Å²) in [7, 11) is 0. The van der Waals surface area contributed by atoms with Crippen LogP contribution in [0.3, 0.4) is 0 Å². The third kappa shape index (κ3) is 3.01. The average molecular weight is 269 g/mol. The first-order chi connectivity index (χ1) is 8.19. The van der Waals surface area contributed by atoms with Gasteiger partial charge in [-0.2, -0.15) is 4.37 Å². The highest BCUT2D eigenvalue weighted by atomic mass is 32.1. The van der Waals surface area contributed by atoms with Crippen LogP contribution in [0.25, 0.3) is 0 Å². The third-order valence-corrected chi connectivity index (χ3v) is 3.70. The van der Waals surface area contributed by atoms with Gasteiger partial charge in [-0.05, 0) is 27.7 Å². The van der Waals surface area contributed by atoms with Crippen molar-refractivity contribution in [2.45, 2.75) is 58.7 Å². The van der Waals surface area contributed by atoms with Gasteiger partial charge in [-0.1, -0.05) is 13.8 Å². The van der Waals surface area contributed by atoms with E-state index in [1.165, 1.54) is 11.5 Å². The maximum absolute atomic E-state index is 6.08. The van der Waals surface area contributed by atoms with E-state index in [0.29, 0.717) is 5.92 Å². The molecule has 0 amide bonds. The zero-order valence-corrected chi connectivity index (χ0v) is 13.0. The maximum Gasteiger partial charge on any atom is 0.205 e. The molecule has 0 aliphatic carbocycles. The lowest BCUT2D eigenvalue weighted by molar-refractivity contribution is -0.133. The molecule has 18 heavy (non-hydrogen) atoms. The van der Waals surface area contributed by atoms with E-state index in [1.54, 1.807) is 0 Å². The van der Waals surface area contributed by atoms with Gasteiger partial charge in [0.25, 0.3) is 0 Å². The molecular formula is C13H23N3OS. The van der Waals surface area contributed by atoms with E-state index in [9.17, 15) is 0 Å². The van der Waals surface area contributed by atoms with E-state index >= 15 is 0 Å². The molecule has 0 bridgehead atoms. The van der Waals surface area contributed by atoms with Crippen LogP contribution in [-0.2, 0) is 4.74 Å². The van der Waals surface area contributed by atoms with Crippen molar-refractivity contribution >= 4 is 16.7 Å². The number of morpholine rings is 1. The van der Waals surface area contributed by atoms with Gasteiger partial charge in [0.2, 0.25) is 5.13 Å². The van der Waals surface area contributed by atoms with E-state index < -0.39 is 0 Å². The lowest BCUT2D eigenvalue weighted by atomic mass is 9.99. The Hall–Kier alpha value is -0.680. The van der Waals surface area contributed by atoms with Crippen molar-refractivity contribution in [2.24, 2.45) is 0 Å². The van der Waals surface area contributed by atoms with E-state index in [-0.39, 0.29) is 11.2 Å². The number of rotatable bonds is 2. The standard InChI is InChI=1S/C13H23N3OS/c1-9(2)10-14-11(18-15-10)16-7-12(3,4)17-13(5,6)8-16/h9H,7-8H2,1-6H3. The highest BCUT2D eigenvalue weighted by Crippen LogP contribution is 2.32. The van der Waals surface area contributed by atoms with Crippen LogP contribution in [0.15, 0.2) is 0 Å². The third-order valence-electron chi connectivity index (χ3n) is 2.91. The highest BCUT2D eigenvalue weighted by molar-refractivity contribution is 7.09. The predicted octanol–water partition coefficient (Wildman–Crippen LogP) is 3.06. The van der Waals surface area contributed by atoms with Gasteiger partial charge in [-0.15, -0.1) is 0 Å². The van der Waals surface area contributed by atoms with Crippen molar-refractivity contribution in [3.05, 3.63) is 5.82 Å². The van der Waals surface area contributed by atoms with Gasteiger partial charge < -0.3 is 9.64 Å². The smallest absolute Gasteiger partial charge is 0.205 e. The number of hydrogen-bond acceptors (Lipinski definition) is 5. The second kappa shape index (κ2) is 4.46. The molecule has 0 aromatic carbocycles. The number of anilines is 1. The van der Waals surface area contributed by atoms with Gasteiger partial charge in [-0.25, -0.2) is 4.98 Å². The van der Waals surface area contributed by atoms with E-state index in [1.807, 2.05) is 0 Å². The molecular weight excluding hydrogens is 246 g/mol. The fourth-order valence-corrected chi connectivity index (χ4v) is 3.32. The van der Waals surface area contributed by atoms with Crippen LogP contribution < -0.4 is 4.90 Å². The largest absolute Gasteiger partial charge is 0.366 e. The monoisotopic (exact) mass is 269 g/mol. The van der Waals surface area contributed by atoms with Gasteiger partial charge in [-0.3, -0.25) is 0 Å². The Kier molecular flexibility index (Phi) is 3.40. The molecule has 1 aromatic heterocycles. The van der Waals surface area contributed by atoms with Gasteiger partial charge in [0.05, 0.1) is 11.2 Å². The summed E-state index contributed by atoms with van der Waals surface area (Å²) in [6, 6.07) is 0. The molecule has 102 valence electrons. The molecule has 1 fully saturated rings. The fraction of sp³-hybridized carbons (Fsp3) is 0.846. The van der Waals surface area contributed by atoms with Crippen molar-refractivity contribution in [2.75, 3.05) is 18.0 Å². The van der Waals surface area contributed by atoms with Crippen LogP contribution in [0.2, 0.25) is 0 Å². The molecule has 1 aliphatic heterocycles. The quantitative estimate of drug-likeness (QED) is 0.827. The zero-order chi connectivity index (χ0) is 13.6. The van der Waals surface area contributed by atoms with Crippen LogP contribution in [0.1, 0.15) is 53.3 Å². The molecule has 0 spiro atoms. The molecule has 0 atom stereocenters. The molecule has 0 unspecified atom stereocenters. The molecule has 0 radical (unpaired) electrons. The minimum absolute atomic E-state index is 0.147. The SMILES string of the molecule is CC(C)c1nsc(N2CC(C)(C)OC(C)(C)C2)n1. The molecule has 0 saturated carbocycles. The van der Waals surface area contributed by atoms with Crippen LogP contribution in [0.5, 0.6) is 0 Å². The van der Waals surface area contributed by atoms with Gasteiger partial charge in [0, 0.05) is 30.5 Å². The summed E-state index contributed by atoms with van der Waals surface area (Å²) in [6.45, 7) is 14.5. The Balaban J connectivity index is 2.21. The Morgan fingerprint density at radius 1 is 1.17 bits per heavy atom. The van der Waals surface area contributed by atoms with Gasteiger partial charge in [0.15, 0.2) is 0 Å². The average Bonchev–Trinajstić information content (AvgIpc) is 2.60. The number of nitrogens with zero attached hydrogens (tertiary/aromatic N) is 3. The minimum Gasteiger partial charge on any atom is -0.366 e. The number of aromatic nitrogens is 2. The molecule has 2 heterocycles. The van der Waals surface area contributed by atoms with Gasteiger partial charge >= 0.3 is 0 Å². The first kappa shape index (κ1) is 13.7. The maximum atomic E-state index is 6.08. The van der Waals surface area contributed by atoms with Crippen LogP contribution in [-0.4, -0.2) is 33.6 Å². The topological polar surface area (TPSA) is 38.2 Å². The molecule has 5 heteroatoms. The van der Waals surface area contributed by atoms with Gasteiger partial charge in [0.1, 0.15) is 5.82 Å². The van der Waals surface area contributed by atoms with Crippen molar-refractivity contribution in [1.82, 2.24) is 9.36 Å². The summed E-state index contributed by atoms with van der Waals surface area (Å²) in [5, 5.41) is 1.02. The summed E-state index contributed by atoms with van der Waals surface area (Å²) in [4.78, 5) is 6.94. The molecule has 1 saturated heterocycles. The Morgan fingerprint density at radius 3 is 2.17 bits per heavy atom. The first-order valence-corrected chi connectivity index (χ1v) is 7.25. The molecule has 4 nitrogen and oxygen atoms in total. The lowest BCUT2D eigenvalue weighted by Crippen LogP contribution is -2.57. The van der Waals surface area contributed by atoms with E-state index in [0.717, 1.165) is 24.0 Å². The van der Waals surface area contributed by atoms with E-state index in [2.05, 4.69) is 55.8 Å². The summed E-state index contributed by atoms with van der Waals surface area (Å²) in [6.07, 6.45) is 0. The van der Waals surface area contributed by atoms with E-state index in [4.69, 9.17) is 4.74 Å². The zero-order valence-electron chi connectivity index (χ0n) is 12.1. The van der Waals surface area contributed by atoms with Crippen LogP contribution in [0.4, 0.5) is 5.13 Å². The fourth-order valence-electron chi connectivity index (χ4n) is 2.51. The second-order valence-corrected chi connectivity index (χ2v) is 7.30. The summed E-state index contributed by atoms with van der Waals surface area (Å²) in [5.74, 6) is 1.33. The normalized spacial score (nSPS) is 22.5. The summed E-state index contributed by atoms with van der Waals surface area (Å²) >= 11 is 1.50. The first-order valence-electron chi connectivity index (χ1n) is 6.47. The number of hydrogen-bond donors (Lipinski definition) is 0. The predicted molar refractivity (Wildman–Crippen MR) is 75.5 cm³/mol. The summed E-state index contributed by atoms with van der Waals surface area (Å²) in [5.41, 5.74) is -0.295. The molecule has 2 rings (SSSR count). The Labute approximate surface area is 114 Å². The Bertz CT molecular complexity index is 410. The lowest BCUT2D eigenvalue weighted by Gasteiger charge is -2.46. The summed E-state index contributed by atoms with van der Waals surface area (Å²) < 4.78 is 10.5. The van der Waals surface area contributed by atoms with Crippen LogP contribution in [0, 0.1) is 0 Å². The second-order valence-electron chi connectivity index (χ2n) is 6.57. The van der Waals surface area contributed by atoms with Crippen molar-refractivity contribution in [3.8, 4) is 0 Å².